The molecular weight excluding hydrogens is 612 g/mol. The Hall–Kier alpha value is -3.51. The molecule has 0 bridgehead atoms. The summed E-state index contributed by atoms with van der Waals surface area (Å²) in [6.45, 7) is 6.89. The van der Waals surface area contributed by atoms with E-state index in [2.05, 4.69) is 39.1 Å². The Morgan fingerprint density at radius 3 is 1.27 bits per heavy atom. The molecule has 0 radical (unpaired) electrons. The van der Waals surface area contributed by atoms with Crippen LogP contribution in [-0.4, -0.2) is 56.0 Å². The van der Waals surface area contributed by atoms with Crippen molar-refractivity contribution in [2.24, 2.45) is 17.8 Å². The highest BCUT2D eigenvalue weighted by molar-refractivity contribution is 5.83. The first-order valence-corrected chi connectivity index (χ1v) is 18.2. The van der Waals surface area contributed by atoms with E-state index < -0.39 is 29.7 Å². The molecule has 0 aromatic carbocycles. The molecule has 1 aliphatic carbocycles. The first-order valence-electron chi connectivity index (χ1n) is 18.2. The maximum absolute atomic E-state index is 13.4. The Bertz CT molecular complexity index is 1020. The van der Waals surface area contributed by atoms with Gasteiger partial charge >= 0.3 is 17.9 Å². The Balaban J connectivity index is 2.78. The minimum absolute atomic E-state index is 0.0682. The highest BCUT2D eigenvalue weighted by atomic mass is 16.5. The third-order valence-electron chi connectivity index (χ3n) is 8.88. The number of esters is 3. The van der Waals surface area contributed by atoms with Gasteiger partial charge in [-0.25, -0.2) is 0 Å². The fraction of sp³-hybridized carbons (Fsp3) is 0.769. The lowest BCUT2D eigenvalue weighted by Crippen LogP contribution is -2.40. The van der Waals surface area contributed by atoms with Crippen molar-refractivity contribution >= 4 is 17.9 Å². The van der Waals surface area contributed by atoms with Crippen LogP contribution in [0, 0.1) is 55.3 Å². The summed E-state index contributed by atoms with van der Waals surface area (Å²) in [6, 6.07) is 0. The topological polar surface area (TPSA) is 107 Å². The van der Waals surface area contributed by atoms with E-state index in [1.165, 1.54) is 0 Å². The zero-order valence-corrected chi connectivity index (χ0v) is 29.7. The van der Waals surface area contributed by atoms with Crippen LogP contribution in [0.2, 0.25) is 0 Å². The summed E-state index contributed by atoms with van der Waals surface area (Å²) in [5.74, 6) is -3.38. The molecule has 6 unspecified atom stereocenters. The van der Waals surface area contributed by atoms with Crippen LogP contribution >= 0.6 is 0 Å². The number of hydrogen-bond acceptors (Lipinski definition) is 9. The summed E-state index contributed by atoms with van der Waals surface area (Å²) in [7, 11) is 0. The van der Waals surface area contributed by atoms with Gasteiger partial charge in [0, 0.05) is 0 Å². The second-order valence-electron chi connectivity index (χ2n) is 12.7. The van der Waals surface area contributed by atoms with E-state index in [-0.39, 0.29) is 50.5 Å². The van der Waals surface area contributed by atoms with E-state index in [0.717, 1.165) is 57.8 Å². The minimum Gasteiger partial charge on any atom is -0.465 e. The average molecular weight is 673 g/mol. The van der Waals surface area contributed by atoms with E-state index in [9.17, 15) is 14.4 Å². The maximum atomic E-state index is 13.4. The Morgan fingerprint density at radius 1 is 0.542 bits per heavy atom. The first-order chi connectivity index (χ1) is 23.3. The van der Waals surface area contributed by atoms with Crippen molar-refractivity contribution in [2.45, 2.75) is 155 Å². The molecule has 9 nitrogen and oxygen atoms in total. The van der Waals surface area contributed by atoms with E-state index in [4.69, 9.17) is 47.7 Å². The van der Waals surface area contributed by atoms with Gasteiger partial charge in [0.1, 0.15) is 36.6 Å². The number of carbonyl (C=O) groups excluding carboxylic acids is 3. The predicted molar refractivity (Wildman–Crippen MR) is 185 cm³/mol. The van der Waals surface area contributed by atoms with Crippen molar-refractivity contribution in [1.82, 2.24) is 0 Å². The summed E-state index contributed by atoms with van der Waals surface area (Å²) in [5.41, 5.74) is 0. The van der Waals surface area contributed by atoms with Gasteiger partial charge < -0.3 is 28.4 Å². The van der Waals surface area contributed by atoms with Gasteiger partial charge in [0.2, 0.25) is 0 Å². The van der Waals surface area contributed by atoms with Crippen molar-refractivity contribution in [1.29, 1.82) is 0 Å². The summed E-state index contributed by atoms with van der Waals surface area (Å²) in [4.78, 5) is 39.7. The van der Waals surface area contributed by atoms with Gasteiger partial charge in [-0.3, -0.25) is 14.4 Å². The second kappa shape index (κ2) is 27.4. The molecule has 6 atom stereocenters. The van der Waals surface area contributed by atoms with Crippen LogP contribution in [-0.2, 0) is 42.8 Å². The smallest absolute Gasteiger partial charge is 0.309 e. The molecule has 1 rings (SSSR count). The van der Waals surface area contributed by atoms with Gasteiger partial charge in [-0.2, -0.15) is 0 Å². The maximum Gasteiger partial charge on any atom is 0.309 e. The molecule has 0 aliphatic heterocycles. The largest absolute Gasteiger partial charge is 0.465 e. The SMILES string of the molecule is C#COC(CCCC)CCCOC(=O)C1CCC(C(=O)OCCCC(CCCC)OC#C)C(C(=O)OCCCC(CCCC)OC#C)C1. The fourth-order valence-electron chi connectivity index (χ4n) is 6.08. The lowest BCUT2D eigenvalue weighted by Gasteiger charge is -2.32. The Morgan fingerprint density at radius 2 is 0.896 bits per heavy atom. The number of terminal acetylenes is 3. The van der Waals surface area contributed by atoms with Crippen molar-refractivity contribution in [3.05, 3.63) is 0 Å². The van der Waals surface area contributed by atoms with Crippen molar-refractivity contribution in [2.75, 3.05) is 19.8 Å². The molecule has 1 aliphatic rings. The molecule has 0 spiro atoms. The van der Waals surface area contributed by atoms with Gasteiger partial charge in [-0.15, -0.1) is 0 Å². The monoisotopic (exact) mass is 672 g/mol. The first kappa shape index (κ1) is 42.5. The molecule has 1 saturated carbocycles. The third kappa shape index (κ3) is 18.1. The summed E-state index contributed by atoms with van der Waals surface area (Å²) >= 11 is 0. The lowest BCUT2D eigenvalue weighted by atomic mass is 9.74. The van der Waals surface area contributed by atoms with Gasteiger partial charge in [0.05, 0.1) is 37.6 Å². The minimum atomic E-state index is -0.814. The van der Waals surface area contributed by atoms with E-state index in [0.29, 0.717) is 51.4 Å². The lowest BCUT2D eigenvalue weighted by molar-refractivity contribution is -0.167. The van der Waals surface area contributed by atoms with E-state index >= 15 is 0 Å². The van der Waals surface area contributed by atoms with E-state index in [1.54, 1.807) is 0 Å². The molecular formula is C39H60O9. The number of carbonyl (C=O) groups is 3. The van der Waals surface area contributed by atoms with E-state index in [1.807, 2.05) is 0 Å². The fourth-order valence-corrected chi connectivity index (χ4v) is 6.08. The summed E-state index contributed by atoms with van der Waals surface area (Å²) in [6.07, 6.45) is 35.8. The van der Waals surface area contributed by atoms with Crippen LogP contribution in [0.15, 0.2) is 0 Å². The number of rotatable bonds is 27. The van der Waals surface area contributed by atoms with Crippen LogP contribution in [0.4, 0.5) is 0 Å². The molecule has 1 fully saturated rings. The quantitative estimate of drug-likeness (QED) is 0.0380. The standard InChI is InChI=1S/C39H60O9/c1-7-13-19-32(43-10-4)22-16-27-46-37(40)31-25-26-35(38(41)47-28-17-23-33(44-11-5)20-14-8-2)36(30-31)39(42)48-29-18-24-34(45-12-6)21-15-9-3/h4-6,31-36H,7-9,13-30H2,1-3H3. The molecule has 270 valence electrons. The van der Waals surface area contributed by atoms with Gasteiger partial charge in [0.15, 0.2) is 0 Å². The molecule has 9 heteroatoms. The molecule has 0 N–H and O–H groups in total. The normalized spacial score (nSPS) is 18.9. The highest BCUT2D eigenvalue weighted by Crippen LogP contribution is 2.36. The van der Waals surface area contributed by atoms with Crippen LogP contribution in [0.3, 0.4) is 0 Å². The summed E-state index contributed by atoms with van der Waals surface area (Å²) in [5, 5.41) is 0. The second-order valence-corrected chi connectivity index (χ2v) is 12.7. The van der Waals surface area contributed by atoms with Crippen molar-refractivity contribution < 1.29 is 42.8 Å². The van der Waals surface area contributed by atoms with Crippen LogP contribution in [0.5, 0.6) is 0 Å². The summed E-state index contributed by atoms with van der Waals surface area (Å²) < 4.78 is 33.0. The average Bonchev–Trinajstić information content (AvgIpc) is 3.09. The molecule has 0 saturated heterocycles. The predicted octanol–water partition coefficient (Wildman–Crippen LogP) is 7.49. The molecule has 0 aromatic heterocycles. The molecule has 48 heavy (non-hydrogen) atoms. The van der Waals surface area contributed by atoms with Crippen LogP contribution in [0.1, 0.15) is 136 Å². The number of unbranched alkanes of at least 4 members (excludes halogenated alkanes) is 3. The van der Waals surface area contributed by atoms with Gasteiger partial charge in [-0.1, -0.05) is 78.6 Å². The Kier molecular flexibility index (Phi) is 24.3. The number of ether oxygens (including phenoxy) is 6. The van der Waals surface area contributed by atoms with Gasteiger partial charge in [-0.05, 0) is 77.0 Å². The number of hydrogen-bond donors (Lipinski definition) is 0. The van der Waals surface area contributed by atoms with Crippen LogP contribution < -0.4 is 0 Å². The zero-order chi connectivity index (χ0) is 35.4. The van der Waals surface area contributed by atoms with Crippen molar-refractivity contribution in [3.63, 3.8) is 0 Å². The molecule has 0 heterocycles. The molecule has 0 amide bonds. The third-order valence-corrected chi connectivity index (χ3v) is 8.88. The highest BCUT2D eigenvalue weighted by Gasteiger charge is 2.43. The molecule has 0 aromatic rings. The van der Waals surface area contributed by atoms with Gasteiger partial charge in [0.25, 0.3) is 0 Å². The van der Waals surface area contributed by atoms with Crippen LogP contribution in [0.25, 0.3) is 0 Å². The Labute approximate surface area is 290 Å². The van der Waals surface area contributed by atoms with Crippen molar-refractivity contribution in [3.8, 4) is 37.6 Å². The zero-order valence-electron chi connectivity index (χ0n) is 29.7.